The number of aromatic hydroxyl groups is 2. The molecule has 1 unspecified atom stereocenters. The summed E-state index contributed by atoms with van der Waals surface area (Å²) in [4.78, 5) is 14.1. The monoisotopic (exact) mass is 392 g/mol. The minimum absolute atomic E-state index is 0.0182. The second-order valence-electron chi connectivity index (χ2n) is 6.26. The number of hydrogen-bond donors (Lipinski definition) is 2. The third-order valence-electron chi connectivity index (χ3n) is 4.56. The predicted molar refractivity (Wildman–Crippen MR) is 107 cm³/mol. The van der Waals surface area contributed by atoms with Gasteiger partial charge < -0.3 is 14.9 Å². The van der Waals surface area contributed by atoms with Crippen molar-refractivity contribution in [2.75, 3.05) is 7.11 Å². The summed E-state index contributed by atoms with van der Waals surface area (Å²) in [7, 11) is -0.0946. The van der Waals surface area contributed by atoms with E-state index in [0.29, 0.717) is 37.8 Å². The number of allylic oxidation sites excluding steroid dienone is 1. The number of benzene rings is 3. The van der Waals surface area contributed by atoms with Crippen molar-refractivity contribution in [3.05, 3.63) is 83.4 Å². The molecule has 3 aromatic carbocycles. The molecule has 0 bridgehead atoms. The summed E-state index contributed by atoms with van der Waals surface area (Å²) in [6.07, 6.45) is 0. The van der Waals surface area contributed by atoms with E-state index in [1.54, 1.807) is 49.6 Å². The van der Waals surface area contributed by atoms with Crippen LogP contribution in [0, 0.1) is 0 Å². The summed E-state index contributed by atoms with van der Waals surface area (Å²) in [6, 6.07) is 17.4. The van der Waals surface area contributed by atoms with Crippen LogP contribution in [0.25, 0.3) is 10.5 Å². The molecule has 0 radical (unpaired) electrons. The van der Waals surface area contributed by atoms with Gasteiger partial charge in [-0.15, -0.1) is 0 Å². The van der Waals surface area contributed by atoms with E-state index in [9.17, 15) is 19.2 Å². The minimum Gasteiger partial charge on any atom is -0.508 e. The van der Waals surface area contributed by atoms with Crippen LogP contribution >= 0.6 is 0 Å². The second kappa shape index (κ2) is 6.98. The number of hydrogen-bond acceptors (Lipinski definition) is 5. The Morgan fingerprint density at radius 3 is 2.18 bits per heavy atom. The molecule has 2 N–H and O–H groups in total. The van der Waals surface area contributed by atoms with E-state index >= 15 is 0 Å². The van der Waals surface area contributed by atoms with Gasteiger partial charge in [0.1, 0.15) is 17.2 Å². The molecule has 1 aliphatic heterocycles. The molecule has 4 rings (SSSR count). The van der Waals surface area contributed by atoms with Crippen LogP contribution in [0.2, 0.25) is 0 Å². The van der Waals surface area contributed by atoms with E-state index in [0.717, 1.165) is 0 Å². The third-order valence-corrected chi connectivity index (χ3v) is 6.10. The first-order chi connectivity index (χ1) is 13.5. The lowest BCUT2D eigenvalue weighted by atomic mass is 9.94. The van der Waals surface area contributed by atoms with Crippen molar-refractivity contribution in [3.8, 4) is 17.2 Å². The summed E-state index contributed by atoms with van der Waals surface area (Å²) in [5.74, 6) is 0.412. The van der Waals surface area contributed by atoms with Crippen LogP contribution < -0.4 is 4.74 Å². The van der Waals surface area contributed by atoms with Crippen molar-refractivity contribution in [1.29, 1.82) is 0 Å². The number of Topliss-reactive ketones (excluding diaryl/α,β-unsaturated/α-hetero) is 1. The standard InChI is InChI=1S/C22H16O5S/c1-27-17-9-4-13(5-10-17)21(25)20-18-11-8-16(24)12-19(18)28(26)22(20)14-2-6-15(23)7-3-14/h2-12,23-24H,1H3. The maximum Gasteiger partial charge on any atom is 0.194 e. The van der Waals surface area contributed by atoms with E-state index < -0.39 is 10.8 Å². The molecule has 0 aromatic heterocycles. The smallest absolute Gasteiger partial charge is 0.194 e. The highest BCUT2D eigenvalue weighted by Gasteiger charge is 2.34. The van der Waals surface area contributed by atoms with Gasteiger partial charge in [0.25, 0.3) is 0 Å². The number of carbonyl (C=O) groups is 1. The van der Waals surface area contributed by atoms with Crippen LogP contribution in [0.4, 0.5) is 0 Å². The summed E-state index contributed by atoms with van der Waals surface area (Å²) in [6.45, 7) is 0. The number of ether oxygens (including phenoxy) is 1. The lowest BCUT2D eigenvalue weighted by Gasteiger charge is -2.08. The molecular formula is C22H16O5S. The molecule has 0 amide bonds. The molecule has 5 nitrogen and oxygen atoms in total. The van der Waals surface area contributed by atoms with Gasteiger partial charge >= 0.3 is 0 Å². The number of fused-ring (bicyclic) bond motifs is 1. The van der Waals surface area contributed by atoms with Crippen LogP contribution in [0.3, 0.4) is 0 Å². The number of rotatable bonds is 4. The Bertz CT molecular complexity index is 1130. The average Bonchev–Trinajstić information content (AvgIpc) is 3.00. The zero-order valence-electron chi connectivity index (χ0n) is 14.9. The van der Waals surface area contributed by atoms with E-state index in [4.69, 9.17) is 4.74 Å². The summed E-state index contributed by atoms with van der Waals surface area (Å²) in [5.41, 5.74) is 1.86. The molecule has 1 heterocycles. The number of phenols is 2. The van der Waals surface area contributed by atoms with E-state index in [2.05, 4.69) is 0 Å². The number of carbonyl (C=O) groups excluding carboxylic acids is 1. The Balaban J connectivity index is 1.92. The summed E-state index contributed by atoms with van der Waals surface area (Å²) >= 11 is 0. The maximum atomic E-state index is 13.3. The molecule has 0 fully saturated rings. The van der Waals surface area contributed by atoms with Gasteiger partial charge in [0.05, 0.1) is 27.7 Å². The SMILES string of the molecule is COc1ccc(C(=O)C2=C(c3ccc(O)cc3)S(=O)c3cc(O)ccc32)cc1. The molecule has 1 atom stereocenters. The van der Waals surface area contributed by atoms with Gasteiger partial charge in [-0.2, -0.15) is 0 Å². The van der Waals surface area contributed by atoms with E-state index in [-0.39, 0.29) is 17.3 Å². The summed E-state index contributed by atoms with van der Waals surface area (Å²) in [5, 5.41) is 19.4. The molecule has 0 spiro atoms. The highest BCUT2D eigenvalue weighted by Crippen LogP contribution is 2.44. The van der Waals surface area contributed by atoms with Gasteiger partial charge in [0.2, 0.25) is 0 Å². The van der Waals surface area contributed by atoms with E-state index in [1.807, 2.05) is 0 Å². The molecule has 3 aromatic rings. The molecule has 6 heteroatoms. The second-order valence-corrected chi connectivity index (χ2v) is 7.64. The van der Waals surface area contributed by atoms with Crippen molar-refractivity contribution in [3.63, 3.8) is 0 Å². The average molecular weight is 392 g/mol. The van der Waals surface area contributed by atoms with Crippen LogP contribution in [-0.4, -0.2) is 27.3 Å². The van der Waals surface area contributed by atoms with Crippen molar-refractivity contribution in [2.45, 2.75) is 4.90 Å². The van der Waals surface area contributed by atoms with Crippen LogP contribution in [0.1, 0.15) is 21.5 Å². The fourth-order valence-electron chi connectivity index (χ4n) is 3.17. The Morgan fingerprint density at radius 1 is 0.893 bits per heavy atom. The number of ketones is 1. The highest BCUT2D eigenvalue weighted by molar-refractivity contribution is 7.95. The quantitative estimate of drug-likeness (QED) is 0.656. The van der Waals surface area contributed by atoms with Crippen molar-refractivity contribution < 1.29 is 24.0 Å². The Labute approximate surface area is 164 Å². The first-order valence-corrected chi connectivity index (χ1v) is 9.62. The molecule has 140 valence electrons. The predicted octanol–water partition coefficient (Wildman–Crippen LogP) is 3.98. The first-order valence-electron chi connectivity index (χ1n) is 8.47. The lowest BCUT2D eigenvalue weighted by Crippen LogP contribution is -2.03. The van der Waals surface area contributed by atoms with Gasteiger partial charge in [-0.05, 0) is 60.2 Å². The third kappa shape index (κ3) is 2.97. The fraction of sp³-hybridized carbons (Fsp3) is 0.0455. The number of methoxy groups -OCH3 is 1. The van der Waals surface area contributed by atoms with Crippen LogP contribution in [-0.2, 0) is 10.8 Å². The normalized spacial score (nSPS) is 15.4. The van der Waals surface area contributed by atoms with Gasteiger partial charge in [-0.25, -0.2) is 4.21 Å². The largest absolute Gasteiger partial charge is 0.508 e. The van der Waals surface area contributed by atoms with Crippen molar-refractivity contribution >= 4 is 27.1 Å². The zero-order chi connectivity index (χ0) is 19.8. The topological polar surface area (TPSA) is 83.8 Å². The molecule has 0 saturated heterocycles. The lowest BCUT2D eigenvalue weighted by molar-refractivity contribution is 0.105. The Morgan fingerprint density at radius 2 is 1.54 bits per heavy atom. The minimum atomic E-state index is -1.64. The molecule has 28 heavy (non-hydrogen) atoms. The first kappa shape index (κ1) is 18.0. The highest BCUT2D eigenvalue weighted by atomic mass is 32.2. The molecule has 1 aliphatic rings. The molecule has 0 saturated carbocycles. The molecule has 0 aliphatic carbocycles. The van der Waals surface area contributed by atoms with Crippen molar-refractivity contribution in [1.82, 2.24) is 0 Å². The fourth-order valence-corrected chi connectivity index (χ4v) is 4.73. The van der Waals surface area contributed by atoms with Crippen LogP contribution in [0.15, 0.2) is 71.6 Å². The Kier molecular flexibility index (Phi) is 4.49. The number of phenolic OH excluding ortho intramolecular Hbond substituents is 2. The maximum absolute atomic E-state index is 13.3. The van der Waals surface area contributed by atoms with Crippen molar-refractivity contribution in [2.24, 2.45) is 0 Å². The van der Waals surface area contributed by atoms with Crippen LogP contribution in [0.5, 0.6) is 17.2 Å². The van der Waals surface area contributed by atoms with Gasteiger partial charge in [-0.1, -0.05) is 12.1 Å². The Hall–Kier alpha value is -3.38. The molecular weight excluding hydrogens is 376 g/mol. The van der Waals surface area contributed by atoms with E-state index in [1.165, 1.54) is 24.3 Å². The van der Waals surface area contributed by atoms with Gasteiger partial charge in [0, 0.05) is 16.7 Å². The van der Waals surface area contributed by atoms with Gasteiger partial charge in [0.15, 0.2) is 5.78 Å². The zero-order valence-corrected chi connectivity index (χ0v) is 15.7. The summed E-state index contributed by atoms with van der Waals surface area (Å²) < 4.78 is 18.3. The van der Waals surface area contributed by atoms with Gasteiger partial charge in [-0.3, -0.25) is 4.79 Å².